The van der Waals surface area contributed by atoms with Crippen molar-refractivity contribution in [2.24, 2.45) is 0 Å². The fourth-order valence-electron chi connectivity index (χ4n) is 10.3. The van der Waals surface area contributed by atoms with Crippen LogP contribution in [0.25, 0.3) is 93.8 Å². The molecule has 0 unspecified atom stereocenters. The summed E-state index contributed by atoms with van der Waals surface area (Å²) in [4.78, 5) is 2.36. The zero-order valence-electron chi connectivity index (χ0n) is 38.0. The minimum absolute atomic E-state index is 1.07. The molecule has 0 saturated carbocycles. The van der Waals surface area contributed by atoms with E-state index in [1.54, 1.807) is 0 Å². The molecule has 0 aliphatic carbocycles. The van der Waals surface area contributed by atoms with Gasteiger partial charge in [0.15, 0.2) is 0 Å². The van der Waals surface area contributed by atoms with Crippen LogP contribution < -0.4 is 4.90 Å². The molecule has 324 valence electrons. The average molecular weight is 873 g/mol. The van der Waals surface area contributed by atoms with E-state index in [1.807, 2.05) is 13.8 Å². The molecule has 3 heterocycles. The van der Waals surface area contributed by atoms with E-state index in [-0.39, 0.29) is 0 Å². The third-order valence-corrected chi connectivity index (χ3v) is 13.3. The van der Waals surface area contributed by atoms with Crippen molar-refractivity contribution in [3.05, 3.63) is 255 Å². The van der Waals surface area contributed by atoms with Crippen LogP contribution in [0.5, 0.6) is 0 Å². The van der Waals surface area contributed by atoms with Gasteiger partial charge in [0.1, 0.15) is 0 Å². The van der Waals surface area contributed by atoms with Gasteiger partial charge in [-0.05, 0) is 119 Å². The lowest BCUT2D eigenvalue weighted by atomic mass is 10.0. The standard InChI is InChI=1S/C62H42N4.C2H6/c1-5-15-43(16-6-1)45-25-29-49(30-26-45)64(50-31-27-46(28-32-50)44-17-7-2-8-18-44)51-33-35-52(36-34-51)66-61-53(37-39-57-56(61)41-42-63(57)47-19-9-3-10-20-47)54-38-40-59-60(62(54)66)55-23-13-14-24-58(55)65(59)48-21-11-4-12-22-48;1-2/h1-42H;1-2H3. The first-order valence-electron chi connectivity index (χ1n) is 23.6. The van der Waals surface area contributed by atoms with E-state index in [0.29, 0.717) is 0 Å². The quantitative estimate of drug-likeness (QED) is 0.149. The minimum Gasteiger partial charge on any atom is -0.316 e. The zero-order chi connectivity index (χ0) is 45.6. The van der Waals surface area contributed by atoms with Gasteiger partial charge < -0.3 is 18.6 Å². The SMILES string of the molecule is CC.c1ccc(-c2ccc(N(c3ccc(-c4ccccc4)cc3)c3ccc(-n4c5c(ccc6c5ccn6-c5ccccc5)c5ccc6c(c7ccccc7n6-c6ccccc6)c54)cc3)cc2)cc1. The van der Waals surface area contributed by atoms with Crippen LogP contribution in [0.1, 0.15) is 13.8 Å². The van der Waals surface area contributed by atoms with Crippen LogP contribution in [-0.2, 0) is 0 Å². The molecule has 0 bridgehead atoms. The number of aromatic nitrogens is 3. The Morgan fingerprint density at radius 1 is 0.279 bits per heavy atom. The number of rotatable bonds is 8. The van der Waals surface area contributed by atoms with Crippen LogP contribution in [0.4, 0.5) is 17.1 Å². The highest BCUT2D eigenvalue weighted by Gasteiger charge is 2.23. The van der Waals surface area contributed by atoms with Gasteiger partial charge in [0.05, 0.1) is 27.6 Å². The van der Waals surface area contributed by atoms with E-state index in [1.165, 1.54) is 76.8 Å². The Morgan fingerprint density at radius 3 is 1.29 bits per heavy atom. The van der Waals surface area contributed by atoms with Gasteiger partial charge in [-0.25, -0.2) is 0 Å². The lowest BCUT2D eigenvalue weighted by molar-refractivity contribution is 1.13. The highest BCUT2D eigenvalue weighted by atomic mass is 15.1. The fourth-order valence-corrected chi connectivity index (χ4v) is 10.3. The Kier molecular flexibility index (Phi) is 10.3. The Labute approximate surface area is 396 Å². The summed E-state index contributed by atoms with van der Waals surface area (Å²) < 4.78 is 7.26. The predicted molar refractivity (Wildman–Crippen MR) is 289 cm³/mol. The van der Waals surface area contributed by atoms with Crippen LogP contribution >= 0.6 is 0 Å². The number of hydrogen-bond donors (Lipinski definition) is 0. The lowest BCUT2D eigenvalue weighted by Gasteiger charge is -2.26. The van der Waals surface area contributed by atoms with Crippen molar-refractivity contribution in [3.8, 4) is 39.3 Å². The first kappa shape index (κ1) is 40.6. The maximum absolute atomic E-state index is 2.53. The monoisotopic (exact) mass is 872 g/mol. The molecule has 0 radical (unpaired) electrons. The molecule has 3 aromatic heterocycles. The zero-order valence-corrected chi connectivity index (χ0v) is 38.0. The van der Waals surface area contributed by atoms with Crippen LogP contribution in [0, 0.1) is 0 Å². The van der Waals surface area contributed by atoms with E-state index in [0.717, 1.165) is 34.1 Å². The van der Waals surface area contributed by atoms with Gasteiger partial charge in [-0.15, -0.1) is 0 Å². The fraction of sp³-hybridized carbons (Fsp3) is 0.0312. The molecular formula is C64H48N4. The summed E-state index contributed by atoms with van der Waals surface area (Å²) in [5.74, 6) is 0. The predicted octanol–water partition coefficient (Wildman–Crippen LogP) is 17.7. The minimum atomic E-state index is 1.07. The second kappa shape index (κ2) is 17.2. The van der Waals surface area contributed by atoms with Crippen molar-refractivity contribution in [1.29, 1.82) is 0 Å². The summed E-state index contributed by atoms with van der Waals surface area (Å²) >= 11 is 0. The van der Waals surface area contributed by atoms with Gasteiger partial charge in [0.2, 0.25) is 0 Å². The Balaban J connectivity index is 0.00000237. The van der Waals surface area contributed by atoms with Crippen molar-refractivity contribution in [1.82, 2.24) is 13.7 Å². The largest absolute Gasteiger partial charge is 0.316 e. The molecule has 0 fully saturated rings. The highest BCUT2D eigenvalue weighted by molar-refractivity contribution is 6.28. The molecule has 0 amide bonds. The Bertz CT molecular complexity index is 3780. The average Bonchev–Trinajstić information content (AvgIpc) is 4.11. The van der Waals surface area contributed by atoms with E-state index in [9.17, 15) is 0 Å². The van der Waals surface area contributed by atoms with Crippen molar-refractivity contribution in [2.75, 3.05) is 4.90 Å². The highest BCUT2D eigenvalue weighted by Crippen LogP contribution is 2.45. The summed E-state index contributed by atoms with van der Waals surface area (Å²) in [5.41, 5.74) is 17.3. The summed E-state index contributed by atoms with van der Waals surface area (Å²) in [7, 11) is 0. The van der Waals surface area contributed by atoms with Gasteiger partial charge in [-0.1, -0.05) is 166 Å². The molecule has 10 aromatic carbocycles. The molecule has 4 nitrogen and oxygen atoms in total. The number of para-hydroxylation sites is 3. The van der Waals surface area contributed by atoms with Gasteiger partial charge >= 0.3 is 0 Å². The first-order valence-corrected chi connectivity index (χ1v) is 23.6. The number of anilines is 3. The number of nitrogens with zero attached hydrogens (tertiary/aromatic N) is 4. The van der Waals surface area contributed by atoms with E-state index >= 15 is 0 Å². The molecular weight excluding hydrogens is 825 g/mol. The molecule has 0 N–H and O–H groups in total. The number of benzene rings is 10. The second-order valence-corrected chi connectivity index (χ2v) is 17.0. The van der Waals surface area contributed by atoms with E-state index in [2.05, 4.69) is 274 Å². The summed E-state index contributed by atoms with van der Waals surface area (Å²) in [6.45, 7) is 4.00. The van der Waals surface area contributed by atoms with Gasteiger partial charge in [-0.2, -0.15) is 0 Å². The Morgan fingerprint density at radius 2 is 0.721 bits per heavy atom. The molecule has 13 rings (SSSR count). The van der Waals surface area contributed by atoms with E-state index < -0.39 is 0 Å². The van der Waals surface area contributed by atoms with Crippen LogP contribution in [0.2, 0.25) is 0 Å². The third-order valence-electron chi connectivity index (χ3n) is 13.3. The molecule has 4 heteroatoms. The van der Waals surface area contributed by atoms with E-state index in [4.69, 9.17) is 0 Å². The molecule has 68 heavy (non-hydrogen) atoms. The third kappa shape index (κ3) is 6.77. The van der Waals surface area contributed by atoms with Crippen LogP contribution in [-0.4, -0.2) is 13.7 Å². The van der Waals surface area contributed by atoms with Crippen LogP contribution in [0.3, 0.4) is 0 Å². The van der Waals surface area contributed by atoms with Gasteiger partial charge in [0.25, 0.3) is 0 Å². The molecule has 0 aliphatic rings. The van der Waals surface area contributed by atoms with Gasteiger partial charge in [0, 0.05) is 67.3 Å². The normalized spacial score (nSPS) is 11.4. The lowest BCUT2D eigenvalue weighted by Crippen LogP contribution is -2.10. The summed E-state index contributed by atoms with van der Waals surface area (Å²) in [5, 5.41) is 6.12. The van der Waals surface area contributed by atoms with Crippen LogP contribution in [0.15, 0.2) is 255 Å². The van der Waals surface area contributed by atoms with Crippen molar-refractivity contribution >= 4 is 71.6 Å². The molecule has 0 saturated heterocycles. The number of hydrogen-bond acceptors (Lipinski definition) is 1. The van der Waals surface area contributed by atoms with Crippen molar-refractivity contribution in [2.45, 2.75) is 13.8 Å². The topological polar surface area (TPSA) is 18.0 Å². The van der Waals surface area contributed by atoms with Gasteiger partial charge in [-0.3, -0.25) is 0 Å². The first-order chi connectivity index (χ1) is 33.8. The smallest absolute Gasteiger partial charge is 0.0641 e. The number of fused-ring (bicyclic) bond motifs is 9. The molecule has 0 atom stereocenters. The maximum Gasteiger partial charge on any atom is 0.0641 e. The molecule has 13 aromatic rings. The second-order valence-electron chi connectivity index (χ2n) is 17.0. The van der Waals surface area contributed by atoms with Crippen molar-refractivity contribution in [3.63, 3.8) is 0 Å². The maximum atomic E-state index is 2.53. The summed E-state index contributed by atoms with van der Waals surface area (Å²) in [6.07, 6.45) is 2.21. The molecule has 0 spiro atoms. The van der Waals surface area contributed by atoms with Crippen molar-refractivity contribution < 1.29 is 0 Å². The molecule has 0 aliphatic heterocycles. The summed E-state index contributed by atoms with van der Waals surface area (Å²) in [6, 6.07) is 90.0. The Hall–Kier alpha value is -8.86.